The molecule has 1 heterocycles. The Labute approximate surface area is 119 Å². The fraction of sp³-hybridized carbons (Fsp3) is 0.643. The molecule has 2 amide bonds. The number of methoxy groups -OCH3 is 1. The fourth-order valence-electron chi connectivity index (χ4n) is 2.18. The molecule has 0 spiro atoms. The Morgan fingerprint density at radius 1 is 1.35 bits per heavy atom. The van der Waals surface area contributed by atoms with E-state index in [2.05, 4.69) is 16.6 Å². The number of nitrogens with zero attached hydrogens (tertiary/aromatic N) is 1. The number of rotatable bonds is 6. The summed E-state index contributed by atoms with van der Waals surface area (Å²) in [5.74, 6) is -0.403. The van der Waals surface area contributed by atoms with Gasteiger partial charge in [-0.25, -0.2) is 0 Å². The molecule has 0 radical (unpaired) electrons. The molecule has 1 N–H and O–H groups in total. The van der Waals surface area contributed by atoms with E-state index in [9.17, 15) is 14.4 Å². The molecule has 0 saturated carbocycles. The van der Waals surface area contributed by atoms with Crippen molar-refractivity contribution >= 4 is 17.8 Å². The van der Waals surface area contributed by atoms with Crippen LogP contribution in [0.15, 0.2) is 12.7 Å². The van der Waals surface area contributed by atoms with Crippen LogP contribution >= 0.6 is 0 Å². The van der Waals surface area contributed by atoms with E-state index in [0.717, 1.165) is 0 Å². The average Bonchev–Trinajstić information content (AvgIpc) is 2.50. The molecule has 1 saturated heterocycles. The number of hydrogen-bond donors (Lipinski definition) is 1. The van der Waals surface area contributed by atoms with E-state index in [1.807, 2.05) is 0 Å². The number of nitrogens with one attached hydrogen (secondary N) is 1. The molecule has 112 valence electrons. The first-order valence-corrected chi connectivity index (χ1v) is 6.84. The van der Waals surface area contributed by atoms with Crippen LogP contribution in [-0.2, 0) is 19.1 Å². The van der Waals surface area contributed by atoms with Crippen molar-refractivity contribution in [1.29, 1.82) is 0 Å². The number of amides is 2. The highest BCUT2D eigenvalue weighted by atomic mass is 16.5. The summed E-state index contributed by atoms with van der Waals surface area (Å²) in [5.41, 5.74) is 0. The van der Waals surface area contributed by atoms with Crippen molar-refractivity contribution < 1.29 is 19.1 Å². The first kappa shape index (κ1) is 16.2. The topological polar surface area (TPSA) is 75.7 Å². The van der Waals surface area contributed by atoms with Gasteiger partial charge in [0.1, 0.15) is 0 Å². The second kappa shape index (κ2) is 8.35. The molecule has 0 aromatic carbocycles. The van der Waals surface area contributed by atoms with Crippen molar-refractivity contribution in [3.8, 4) is 0 Å². The van der Waals surface area contributed by atoms with Crippen molar-refractivity contribution in [2.45, 2.75) is 25.7 Å². The molecule has 0 aliphatic carbocycles. The lowest BCUT2D eigenvalue weighted by Crippen LogP contribution is -2.42. The molecule has 0 atom stereocenters. The van der Waals surface area contributed by atoms with E-state index in [0.29, 0.717) is 45.3 Å². The van der Waals surface area contributed by atoms with E-state index in [4.69, 9.17) is 0 Å². The Morgan fingerprint density at radius 2 is 2.00 bits per heavy atom. The van der Waals surface area contributed by atoms with Crippen molar-refractivity contribution in [2.24, 2.45) is 5.92 Å². The third-order valence-electron chi connectivity index (χ3n) is 3.44. The average molecular weight is 282 g/mol. The number of hydrogen-bond acceptors (Lipinski definition) is 4. The molecule has 0 bridgehead atoms. The van der Waals surface area contributed by atoms with Crippen molar-refractivity contribution in [2.75, 3.05) is 26.7 Å². The van der Waals surface area contributed by atoms with E-state index in [-0.39, 0.29) is 23.7 Å². The summed E-state index contributed by atoms with van der Waals surface area (Å²) in [4.78, 5) is 35.9. The lowest BCUT2D eigenvalue weighted by atomic mass is 9.96. The SMILES string of the molecule is C=CC(=O)N1CCC(C(=O)NCCCC(=O)OC)CC1. The maximum Gasteiger partial charge on any atom is 0.305 e. The van der Waals surface area contributed by atoms with Crippen molar-refractivity contribution in [1.82, 2.24) is 10.2 Å². The van der Waals surface area contributed by atoms with Gasteiger partial charge < -0.3 is 15.0 Å². The van der Waals surface area contributed by atoms with E-state index < -0.39 is 0 Å². The third-order valence-corrected chi connectivity index (χ3v) is 3.44. The van der Waals surface area contributed by atoms with Crippen LogP contribution < -0.4 is 5.32 Å². The summed E-state index contributed by atoms with van der Waals surface area (Å²) in [7, 11) is 1.35. The van der Waals surface area contributed by atoms with E-state index >= 15 is 0 Å². The first-order chi connectivity index (χ1) is 9.58. The van der Waals surface area contributed by atoms with Gasteiger partial charge in [-0.15, -0.1) is 0 Å². The number of piperidine rings is 1. The smallest absolute Gasteiger partial charge is 0.305 e. The van der Waals surface area contributed by atoms with Crippen LogP contribution in [0.4, 0.5) is 0 Å². The highest BCUT2D eigenvalue weighted by Gasteiger charge is 2.26. The number of carbonyl (C=O) groups excluding carboxylic acids is 3. The van der Waals surface area contributed by atoms with Crippen LogP contribution in [0.25, 0.3) is 0 Å². The van der Waals surface area contributed by atoms with Crippen LogP contribution in [0.1, 0.15) is 25.7 Å². The lowest BCUT2D eigenvalue weighted by Gasteiger charge is -2.30. The molecule has 1 rings (SSSR count). The lowest BCUT2D eigenvalue weighted by molar-refractivity contribution is -0.140. The molecule has 1 fully saturated rings. The Kier molecular flexibility index (Phi) is 6.76. The van der Waals surface area contributed by atoms with Gasteiger partial charge in [0.25, 0.3) is 0 Å². The molecule has 0 aromatic rings. The standard InChI is InChI=1S/C14H22N2O4/c1-3-12(17)16-9-6-11(7-10-16)14(19)15-8-4-5-13(18)20-2/h3,11H,1,4-10H2,2H3,(H,15,19). The van der Waals surface area contributed by atoms with Crippen LogP contribution in [0.5, 0.6) is 0 Å². The second-order valence-corrected chi connectivity index (χ2v) is 4.77. The zero-order valence-electron chi connectivity index (χ0n) is 11.9. The molecule has 0 aromatic heterocycles. The van der Waals surface area contributed by atoms with Gasteiger partial charge in [-0.1, -0.05) is 6.58 Å². The monoisotopic (exact) mass is 282 g/mol. The van der Waals surface area contributed by atoms with Crippen LogP contribution in [0, 0.1) is 5.92 Å². The highest BCUT2D eigenvalue weighted by molar-refractivity contribution is 5.87. The molecular weight excluding hydrogens is 260 g/mol. The summed E-state index contributed by atoms with van der Waals surface area (Å²) >= 11 is 0. The van der Waals surface area contributed by atoms with Gasteiger partial charge in [-0.3, -0.25) is 14.4 Å². The fourth-order valence-corrected chi connectivity index (χ4v) is 2.18. The molecule has 6 nitrogen and oxygen atoms in total. The number of likely N-dealkylation sites (tertiary alicyclic amines) is 1. The van der Waals surface area contributed by atoms with Gasteiger partial charge in [-0.05, 0) is 25.3 Å². The first-order valence-electron chi connectivity index (χ1n) is 6.84. The minimum absolute atomic E-state index is 0.000526. The molecule has 0 unspecified atom stereocenters. The van der Waals surface area contributed by atoms with E-state index in [1.54, 1.807) is 4.90 Å². The Balaban J connectivity index is 2.21. The summed E-state index contributed by atoms with van der Waals surface area (Å²) in [6, 6.07) is 0. The minimum atomic E-state index is -0.268. The van der Waals surface area contributed by atoms with Gasteiger partial charge >= 0.3 is 5.97 Å². The second-order valence-electron chi connectivity index (χ2n) is 4.77. The van der Waals surface area contributed by atoms with Gasteiger partial charge in [0.15, 0.2) is 0 Å². The van der Waals surface area contributed by atoms with Gasteiger partial charge in [0, 0.05) is 32.0 Å². The van der Waals surface area contributed by atoms with Crippen LogP contribution in [0.2, 0.25) is 0 Å². The van der Waals surface area contributed by atoms with Crippen LogP contribution in [-0.4, -0.2) is 49.4 Å². The highest BCUT2D eigenvalue weighted by Crippen LogP contribution is 2.17. The Bertz CT molecular complexity index is 373. The summed E-state index contributed by atoms with van der Waals surface area (Å²) in [6.45, 7) is 5.10. The van der Waals surface area contributed by atoms with Gasteiger partial charge in [-0.2, -0.15) is 0 Å². The van der Waals surface area contributed by atoms with E-state index in [1.165, 1.54) is 13.2 Å². The molecule has 6 heteroatoms. The van der Waals surface area contributed by atoms with Gasteiger partial charge in [0.05, 0.1) is 7.11 Å². The maximum atomic E-state index is 11.9. The Morgan fingerprint density at radius 3 is 2.55 bits per heavy atom. The zero-order chi connectivity index (χ0) is 15.0. The normalized spacial score (nSPS) is 15.6. The number of ether oxygens (including phenoxy) is 1. The number of esters is 1. The predicted octanol–water partition coefficient (Wildman–Crippen LogP) is 0.480. The minimum Gasteiger partial charge on any atom is -0.469 e. The van der Waals surface area contributed by atoms with Crippen molar-refractivity contribution in [3.05, 3.63) is 12.7 Å². The number of carbonyl (C=O) groups is 3. The largest absolute Gasteiger partial charge is 0.469 e. The van der Waals surface area contributed by atoms with Crippen LogP contribution in [0.3, 0.4) is 0 Å². The summed E-state index contributed by atoms with van der Waals surface area (Å²) in [6.07, 6.45) is 3.52. The maximum absolute atomic E-state index is 11.9. The Hall–Kier alpha value is -1.85. The molecule has 1 aliphatic rings. The summed E-state index contributed by atoms with van der Waals surface area (Å²) < 4.78 is 4.52. The quantitative estimate of drug-likeness (QED) is 0.437. The summed E-state index contributed by atoms with van der Waals surface area (Å²) in [5, 5.41) is 2.82. The zero-order valence-corrected chi connectivity index (χ0v) is 11.9. The van der Waals surface area contributed by atoms with Crippen molar-refractivity contribution in [3.63, 3.8) is 0 Å². The third kappa shape index (κ3) is 5.03. The molecular formula is C14H22N2O4. The predicted molar refractivity (Wildman–Crippen MR) is 73.8 cm³/mol. The van der Waals surface area contributed by atoms with Gasteiger partial charge in [0.2, 0.25) is 11.8 Å². The molecule has 1 aliphatic heterocycles. The molecule has 20 heavy (non-hydrogen) atoms.